The quantitative estimate of drug-likeness (QED) is 0.261. The minimum atomic E-state index is -0.749. The molecule has 0 bridgehead atoms. The number of aliphatic hydroxyl groups excluding tert-OH is 2. The van der Waals surface area contributed by atoms with E-state index in [4.69, 9.17) is 10.9 Å². The zero-order valence-corrected chi connectivity index (χ0v) is 11.7. The van der Waals surface area contributed by atoms with Gasteiger partial charge in [0.05, 0.1) is 12.7 Å². The predicted molar refractivity (Wildman–Crippen MR) is 72.5 cm³/mol. The van der Waals surface area contributed by atoms with Crippen molar-refractivity contribution in [3.63, 3.8) is 0 Å². The largest absolute Gasteiger partial charge is 0.394 e. The maximum Gasteiger partial charge on any atom is 0.147 e. The minimum Gasteiger partial charge on any atom is -0.394 e. The zero-order chi connectivity index (χ0) is 13.7. The summed E-state index contributed by atoms with van der Waals surface area (Å²) in [4.78, 5) is 8.78. The molecule has 1 aromatic heterocycles. The summed E-state index contributed by atoms with van der Waals surface area (Å²) in [5, 5.41) is 18.9. The maximum absolute atomic E-state index is 9.36. The number of hydrogen-bond donors (Lipinski definition) is 4. The van der Waals surface area contributed by atoms with E-state index in [0.717, 1.165) is 10.6 Å². The molecule has 0 aromatic carbocycles. The Kier molecular flexibility index (Phi) is 5.80. The van der Waals surface area contributed by atoms with Gasteiger partial charge in [0.2, 0.25) is 0 Å². The van der Waals surface area contributed by atoms with Gasteiger partial charge >= 0.3 is 0 Å². The van der Waals surface area contributed by atoms with Crippen LogP contribution in [0.1, 0.15) is 31.2 Å². The summed E-state index contributed by atoms with van der Waals surface area (Å²) in [6.07, 6.45) is -0.749. The summed E-state index contributed by atoms with van der Waals surface area (Å²) in [7, 11) is 0. The van der Waals surface area contributed by atoms with Gasteiger partial charge in [0.1, 0.15) is 16.7 Å². The van der Waals surface area contributed by atoms with Crippen LogP contribution in [0.3, 0.4) is 0 Å². The van der Waals surface area contributed by atoms with Gasteiger partial charge in [0.25, 0.3) is 0 Å². The van der Waals surface area contributed by atoms with Crippen molar-refractivity contribution in [1.29, 1.82) is 0 Å². The maximum atomic E-state index is 9.36. The van der Waals surface area contributed by atoms with Crippen LogP contribution in [0, 0.1) is 6.92 Å². The molecule has 6 nitrogen and oxygen atoms in total. The first-order chi connectivity index (χ1) is 8.49. The molecule has 0 aliphatic heterocycles. The van der Waals surface area contributed by atoms with Gasteiger partial charge in [-0.1, -0.05) is 13.8 Å². The molecule has 18 heavy (non-hydrogen) atoms. The third-order valence-electron chi connectivity index (χ3n) is 2.39. The molecular formula is C11H20N4O2S. The molecule has 0 aliphatic rings. The number of nitrogens with two attached hydrogens (primary N) is 1. The molecule has 0 amide bonds. The van der Waals surface area contributed by atoms with E-state index < -0.39 is 6.10 Å². The van der Waals surface area contributed by atoms with E-state index in [1.54, 1.807) is 0 Å². The number of thioether (sulfide) groups is 1. The SMILES string of the molecule is Cc1c(NN)nc(C(C)C)nc1SCC(O)CO. The van der Waals surface area contributed by atoms with Crippen LogP contribution in [0.15, 0.2) is 5.03 Å². The molecule has 102 valence electrons. The highest BCUT2D eigenvalue weighted by atomic mass is 32.2. The number of nitrogens with zero attached hydrogens (tertiary/aromatic N) is 2. The van der Waals surface area contributed by atoms with Crippen molar-refractivity contribution in [1.82, 2.24) is 9.97 Å². The molecule has 1 aromatic rings. The zero-order valence-electron chi connectivity index (χ0n) is 10.8. The second-order valence-electron chi connectivity index (χ2n) is 4.31. The monoisotopic (exact) mass is 272 g/mol. The lowest BCUT2D eigenvalue weighted by Crippen LogP contribution is -2.16. The smallest absolute Gasteiger partial charge is 0.147 e. The lowest BCUT2D eigenvalue weighted by molar-refractivity contribution is 0.113. The van der Waals surface area contributed by atoms with Gasteiger partial charge in [-0.15, -0.1) is 11.8 Å². The number of nitrogen functional groups attached to an aromatic ring is 1. The van der Waals surface area contributed by atoms with Crippen molar-refractivity contribution < 1.29 is 10.2 Å². The topological polar surface area (TPSA) is 104 Å². The molecular weight excluding hydrogens is 252 g/mol. The van der Waals surface area contributed by atoms with E-state index in [-0.39, 0.29) is 12.5 Å². The number of anilines is 1. The predicted octanol–water partition coefficient (Wildman–Crippen LogP) is 0.639. The average Bonchev–Trinajstić information content (AvgIpc) is 2.36. The Morgan fingerprint density at radius 3 is 2.56 bits per heavy atom. The highest BCUT2D eigenvalue weighted by molar-refractivity contribution is 7.99. The summed E-state index contributed by atoms with van der Waals surface area (Å²) in [6, 6.07) is 0. The van der Waals surface area contributed by atoms with Gasteiger partial charge < -0.3 is 15.6 Å². The van der Waals surface area contributed by atoms with E-state index in [1.165, 1.54) is 11.8 Å². The first-order valence-electron chi connectivity index (χ1n) is 5.76. The van der Waals surface area contributed by atoms with Crippen molar-refractivity contribution in [2.75, 3.05) is 17.8 Å². The van der Waals surface area contributed by atoms with E-state index in [0.29, 0.717) is 17.4 Å². The van der Waals surface area contributed by atoms with E-state index >= 15 is 0 Å². The lowest BCUT2D eigenvalue weighted by atomic mass is 10.2. The first-order valence-corrected chi connectivity index (χ1v) is 6.75. The van der Waals surface area contributed by atoms with Crippen LogP contribution in [-0.4, -0.2) is 38.6 Å². The summed E-state index contributed by atoms with van der Waals surface area (Å²) in [5.41, 5.74) is 3.40. The first kappa shape index (κ1) is 15.2. The summed E-state index contributed by atoms with van der Waals surface area (Å²) < 4.78 is 0. The molecule has 5 N–H and O–H groups in total. The third-order valence-corrected chi connectivity index (χ3v) is 3.62. The Morgan fingerprint density at radius 2 is 2.06 bits per heavy atom. The molecule has 1 heterocycles. The van der Waals surface area contributed by atoms with Gasteiger partial charge in [0.15, 0.2) is 0 Å². The molecule has 0 fully saturated rings. The molecule has 1 rings (SSSR count). The second-order valence-corrected chi connectivity index (χ2v) is 5.32. The molecule has 0 spiro atoms. The Labute approximate surface area is 111 Å². The fourth-order valence-corrected chi connectivity index (χ4v) is 2.21. The average molecular weight is 272 g/mol. The van der Waals surface area contributed by atoms with Crippen molar-refractivity contribution >= 4 is 17.6 Å². The second kappa shape index (κ2) is 6.89. The molecule has 0 saturated carbocycles. The van der Waals surface area contributed by atoms with E-state index in [1.807, 2.05) is 20.8 Å². The van der Waals surface area contributed by atoms with Crippen molar-refractivity contribution in [2.24, 2.45) is 5.84 Å². The van der Waals surface area contributed by atoms with Gasteiger partial charge in [0, 0.05) is 17.2 Å². The number of rotatable bonds is 6. The highest BCUT2D eigenvalue weighted by Crippen LogP contribution is 2.27. The van der Waals surface area contributed by atoms with Crippen molar-refractivity contribution in [3.8, 4) is 0 Å². The van der Waals surface area contributed by atoms with Crippen LogP contribution in [0.25, 0.3) is 0 Å². The Hall–Kier alpha value is -0.890. The van der Waals surface area contributed by atoms with Gasteiger partial charge in [-0.3, -0.25) is 0 Å². The summed E-state index contributed by atoms with van der Waals surface area (Å²) >= 11 is 1.38. The van der Waals surface area contributed by atoms with Gasteiger partial charge in [-0.2, -0.15) is 0 Å². The molecule has 1 unspecified atom stereocenters. The molecule has 0 saturated heterocycles. The van der Waals surface area contributed by atoms with Crippen LogP contribution in [0.2, 0.25) is 0 Å². The van der Waals surface area contributed by atoms with Crippen molar-refractivity contribution in [2.45, 2.75) is 37.8 Å². The van der Waals surface area contributed by atoms with Gasteiger partial charge in [-0.25, -0.2) is 15.8 Å². The van der Waals surface area contributed by atoms with Crippen LogP contribution in [0.5, 0.6) is 0 Å². The molecule has 0 aliphatic carbocycles. The Morgan fingerprint density at radius 1 is 1.39 bits per heavy atom. The third kappa shape index (κ3) is 3.81. The summed E-state index contributed by atoms with van der Waals surface area (Å²) in [5.74, 6) is 7.31. The normalized spacial score (nSPS) is 12.8. The van der Waals surface area contributed by atoms with Crippen LogP contribution in [-0.2, 0) is 0 Å². The number of hydrazine groups is 1. The minimum absolute atomic E-state index is 0.194. The number of nitrogens with one attached hydrogen (secondary N) is 1. The van der Waals surface area contributed by atoms with Crippen LogP contribution >= 0.6 is 11.8 Å². The van der Waals surface area contributed by atoms with Crippen LogP contribution < -0.4 is 11.3 Å². The lowest BCUT2D eigenvalue weighted by Gasteiger charge is -2.14. The van der Waals surface area contributed by atoms with E-state index in [9.17, 15) is 5.11 Å². The fourth-order valence-electron chi connectivity index (χ4n) is 1.28. The number of aromatic nitrogens is 2. The molecule has 7 heteroatoms. The fraction of sp³-hybridized carbons (Fsp3) is 0.636. The molecule has 0 radical (unpaired) electrons. The Bertz CT molecular complexity index is 401. The standard InChI is InChI=1S/C11H20N4O2S/c1-6(2)9-13-10(15-12)7(3)11(14-9)18-5-8(17)4-16/h6,8,16-17H,4-5,12H2,1-3H3,(H,13,14,15). The highest BCUT2D eigenvalue weighted by Gasteiger charge is 2.14. The van der Waals surface area contributed by atoms with Crippen LogP contribution in [0.4, 0.5) is 5.82 Å². The van der Waals surface area contributed by atoms with E-state index in [2.05, 4.69) is 15.4 Å². The Balaban J connectivity index is 2.97. The molecule has 1 atom stereocenters. The summed E-state index contributed by atoms with van der Waals surface area (Å²) in [6.45, 7) is 5.62. The number of hydrogen-bond acceptors (Lipinski definition) is 7. The number of aliphatic hydroxyl groups is 2. The van der Waals surface area contributed by atoms with Crippen molar-refractivity contribution in [3.05, 3.63) is 11.4 Å². The van der Waals surface area contributed by atoms with Gasteiger partial charge in [-0.05, 0) is 6.92 Å².